The molecule has 1 aliphatic heterocycles. The van der Waals surface area contributed by atoms with E-state index in [1.807, 2.05) is 0 Å². The highest BCUT2D eigenvalue weighted by molar-refractivity contribution is 4.92. The minimum Gasteiger partial charge on any atom is -0.309 e. The fourth-order valence-electron chi connectivity index (χ4n) is 1.80. The Morgan fingerprint density at radius 1 is 1.33 bits per heavy atom. The van der Waals surface area contributed by atoms with E-state index in [2.05, 4.69) is 33.0 Å². The molecule has 0 amide bonds. The summed E-state index contributed by atoms with van der Waals surface area (Å²) in [5.74, 6) is 0.847. The lowest BCUT2D eigenvalue weighted by Crippen LogP contribution is -2.36. The van der Waals surface area contributed by atoms with Gasteiger partial charge in [-0.25, -0.2) is 0 Å². The van der Waals surface area contributed by atoms with Crippen molar-refractivity contribution in [1.29, 1.82) is 0 Å². The summed E-state index contributed by atoms with van der Waals surface area (Å²) in [7, 11) is 0. The minimum absolute atomic E-state index is 0.388. The fourth-order valence-corrected chi connectivity index (χ4v) is 1.80. The largest absolute Gasteiger partial charge is 0.309 e. The van der Waals surface area contributed by atoms with Gasteiger partial charge in [-0.3, -0.25) is 0 Å². The molecular formula is C8H17N. The van der Waals surface area contributed by atoms with Gasteiger partial charge in [0.2, 0.25) is 0 Å². The Bertz CT molecular complexity index is 95.1. The number of hydrogen-bond donors (Lipinski definition) is 1. The molecule has 2 atom stereocenters. The van der Waals surface area contributed by atoms with Crippen LogP contribution in [0.15, 0.2) is 0 Å². The van der Waals surface area contributed by atoms with Crippen molar-refractivity contribution >= 4 is 0 Å². The van der Waals surface area contributed by atoms with Gasteiger partial charge in [0.25, 0.3) is 0 Å². The molecule has 0 spiro atoms. The number of hydrogen-bond acceptors (Lipinski definition) is 1. The van der Waals surface area contributed by atoms with E-state index >= 15 is 0 Å². The van der Waals surface area contributed by atoms with Crippen LogP contribution >= 0.6 is 0 Å². The normalized spacial score (nSPS) is 41.3. The third kappa shape index (κ3) is 1.45. The van der Waals surface area contributed by atoms with Gasteiger partial charge in [0.15, 0.2) is 0 Å². The van der Waals surface area contributed by atoms with Crippen molar-refractivity contribution in [3.05, 3.63) is 0 Å². The van der Waals surface area contributed by atoms with E-state index in [-0.39, 0.29) is 0 Å². The Labute approximate surface area is 57.8 Å². The van der Waals surface area contributed by atoms with Gasteiger partial charge in [0.1, 0.15) is 0 Å². The monoisotopic (exact) mass is 127 g/mol. The van der Waals surface area contributed by atoms with Crippen LogP contribution in [0.2, 0.25) is 0 Å². The highest BCUT2D eigenvalue weighted by Gasteiger charge is 2.32. The molecule has 0 aromatic rings. The Kier molecular flexibility index (Phi) is 1.55. The van der Waals surface area contributed by atoms with Gasteiger partial charge in [0.05, 0.1) is 0 Å². The summed E-state index contributed by atoms with van der Waals surface area (Å²) in [5.41, 5.74) is 0.388. The van der Waals surface area contributed by atoms with E-state index in [0.717, 1.165) is 5.92 Å². The van der Waals surface area contributed by atoms with E-state index in [1.54, 1.807) is 0 Å². The van der Waals surface area contributed by atoms with E-state index < -0.39 is 0 Å². The lowest BCUT2D eigenvalue weighted by Gasteiger charge is -2.17. The molecule has 0 radical (unpaired) electrons. The summed E-state index contributed by atoms with van der Waals surface area (Å²) in [6.45, 7) is 9.12. The summed E-state index contributed by atoms with van der Waals surface area (Å²) in [4.78, 5) is 0. The molecule has 1 heterocycles. The average molecular weight is 127 g/mol. The highest BCUT2D eigenvalue weighted by atomic mass is 15.0. The zero-order valence-corrected chi connectivity index (χ0v) is 6.86. The van der Waals surface area contributed by atoms with Crippen LogP contribution in [0.1, 0.15) is 34.1 Å². The lowest BCUT2D eigenvalue weighted by atomic mass is 9.96. The van der Waals surface area contributed by atoms with Gasteiger partial charge in [0, 0.05) is 11.6 Å². The first kappa shape index (κ1) is 7.07. The van der Waals surface area contributed by atoms with Crippen LogP contribution in [0.4, 0.5) is 0 Å². The third-order valence-corrected chi connectivity index (χ3v) is 2.30. The summed E-state index contributed by atoms with van der Waals surface area (Å²) in [6.07, 6.45) is 1.31. The van der Waals surface area contributed by atoms with Gasteiger partial charge in [-0.1, -0.05) is 6.92 Å². The molecule has 0 aromatic carbocycles. The van der Waals surface area contributed by atoms with Gasteiger partial charge in [-0.05, 0) is 33.1 Å². The third-order valence-electron chi connectivity index (χ3n) is 2.30. The summed E-state index contributed by atoms with van der Waals surface area (Å²) >= 11 is 0. The van der Waals surface area contributed by atoms with Gasteiger partial charge < -0.3 is 5.32 Å². The van der Waals surface area contributed by atoms with Crippen LogP contribution in [-0.2, 0) is 0 Å². The SMILES string of the molecule is CC1CC(C)(C)NC1C. The standard InChI is InChI=1S/C8H17N/c1-6-5-8(3,4)9-7(6)2/h6-7,9H,5H2,1-4H3. The Balaban J connectivity index is 2.54. The van der Waals surface area contributed by atoms with E-state index in [9.17, 15) is 0 Å². The van der Waals surface area contributed by atoms with Crippen LogP contribution in [0, 0.1) is 5.92 Å². The number of nitrogens with one attached hydrogen (secondary N) is 1. The van der Waals surface area contributed by atoms with Gasteiger partial charge in [-0.2, -0.15) is 0 Å². The second-order valence-corrected chi connectivity index (χ2v) is 4.00. The highest BCUT2D eigenvalue weighted by Crippen LogP contribution is 2.26. The lowest BCUT2D eigenvalue weighted by molar-refractivity contribution is 0.437. The predicted octanol–water partition coefficient (Wildman–Crippen LogP) is 1.78. The van der Waals surface area contributed by atoms with Crippen molar-refractivity contribution in [3.63, 3.8) is 0 Å². The Morgan fingerprint density at radius 2 is 1.89 bits per heavy atom. The summed E-state index contributed by atoms with van der Waals surface area (Å²) < 4.78 is 0. The molecule has 1 aliphatic rings. The molecule has 1 N–H and O–H groups in total. The maximum absolute atomic E-state index is 3.54. The van der Waals surface area contributed by atoms with Crippen molar-refractivity contribution in [3.8, 4) is 0 Å². The molecule has 1 rings (SSSR count). The van der Waals surface area contributed by atoms with Crippen molar-refractivity contribution in [2.75, 3.05) is 0 Å². The van der Waals surface area contributed by atoms with Crippen molar-refractivity contribution in [2.24, 2.45) is 5.92 Å². The molecule has 1 fully saturated rings. The van der Waals surface area contributed by atoms with E-state index in [1.165, 1.54) is 6.42 Å². The van der Waals surface area contributed by atoms with Gasteiger partial charge >= 0.3 is 0 Å². The van der Waals surface area contributed by atoms with Crippen molar-refractivity contribution in [1.82, 2.24) is 5.32 Å². The molecule has 0 aliphatic carbocycles. The van der Waals surface area contributed by atoms with Crippen LogP contribution in [0.5, 0.6) is 0 Å². The maximum Gasteiger partial charge on any atom is 0.0130 e. The van der Waals surface area contributed by atoms with Crippen LogP contribution in [0.25, 0.3) is 0 Å². The quantitative estimate of drug-likeness (QED) is 0.523. The summed E-state index contributed by atoms with van der Waals surface area (Å²) in [5, 5.41) is 3.54. The minimum atomic E-state index is 0.388. The van der Waals surface area contributed by atoms with Crippen molar-refractivity contribution < 1.29 is 0 Å². The average Bonchev–Trinajstić information content (AvgIpc) is 1.79. The first-order valence-electron chi connectivity index (χ1n) is 3.79. The molecule has 9 heavy (non-hydrogen) atoms. The predicted molar refractivity (Wildman–Crippen MR) is 40.5 cm³/mol. The molecule has 0 bridgehead atoms. The van der Waals surface area contributed by atoms with Gasteiger partial charge in [-0.15, -0.1) is 0 Å². The maximum atomic E-state index is 3.54. The van der Waals surface area contributed by atoms with Crippen LogP contribution in [0.3, 0.4) is 0 Å². The van der Waals surface area contributed by atoms with Crippen LogP contribution in [-0.4, -0.2) is 11.6 Å². The Hall–Kier alpha value is -0.0400. The second kappa shape index (κ2) is 1.98. The molecule has 1 saturated heterocycles. The zero-order chi connectivity index (χ0) is 7.07. The van der Waals surface area contributed by atoms with Crippen LogP contribution < -0.4 is 5.32 Å². The molecule has 2 unspecified atom stereocenters. The first-order chi connectivity index (χ1) is 4.01. The molecule has 1 nitrogen and oxygen atoms in total. The smallest absolute Gasteiger partial charge is 0.0130 e. The molecular weight excluding hydrogens is 110 g/mol. The van der Waals surface area contributed by atoms with Crippen molar-refractivity contribution in [2.45, 2.75) is 45.7 Å². The summed E-state index contributed by atoms with van der Waals surface area (Å²) in [6, 6.07) is 0.708. The first-order valence-corrected chi connectivity index (χ1v) is 3.79. The Morgan fingerprint density at radius 3 is 2.00 bits per heavy atom. The van der Waals surface area contributed by atoms with E-state index in [4.69, 9.17) is 0 Å². The van der Waals surface area contributed by atoms with E-state index in [0.29, 0.717) is 11.6 Å². The molecule has 0 saturated carbocycles. The second-order valence-electron chi connectivity index (χ2n) is 4.00. The molecule has 0 aromatic heterocycles. The topological polar surface area (TPSA) is 12.0 Å². The number of rotatable bonds is 0. The fraction of sp³-hybridized carbons (Fsp3) is 1.00. The molecule has 1 heteroatoms. The molecule has 54 valence electrons. The zero-order valence-electron chi connectivity index (χ0n) is 6.86.